The Morgan fingerprint density at radius 2 is 2.07 bits per heavy atom. The SMILES string of the molecule is C=C(C#N)C(=O)OC=Cc1ccccc1. The van der Waals surface area contributed by atoms with Gasteiger partial charge < -0.3 is 4.74 Å². The van der Waals surface area contributed by atoms with Gasteiger partial charge in [0.1, 0.15) is 11.6 Å². The molecule has 3 nitrogen and oxygen atoms in total. The second-order valence-electron chi connectivity index (χ2n) is 2.71. The highest BCUT2D eigenvalue weighted by molar-refractivity contribution is 5.92. The smallest absolute Gasteiger partial charge is 0.353 e. The van der Waals surface area contributed by atoms with Crippen molar-refractivity contribution in [3.8, 4) is 6.07 Å². The topological polar surface area (TPSA) is 50.1 Å². The van der Waals surface area contributed by atoms with E-state index in [9.17, 15) is 4.79 Å². The molecule has 0 radical (unpaired) electrons. The van der Waals surface area contributed by atoms with E-state index in [0.29, 0.717) is 0 Å². The number of hydrogen-bond donors (Lipinski definition) is 0. The summed E-state index contributed by atoms with van der Waals surface area (Å²) in [7, 11) is 0. The minimum atomic E-state index is -0.732. The van der Waals surface area contributed by atoms with Crippen molar-refractivity contribution in [3.05, 3.63) is 54.3 Å². The van der Waals surface area contributed by atoms with Crippen molar-refractivity contribution < 1.29 is 9.53 Å². The molecule has 0 N–H and O–H groups in total. The fraction of sp³-hybridized carbons (Fsp3) is 0. The molecule has 0 bridgehead atoms. The van der Waals surface area contributed by atoms with E-state index in [1.54, 1.807) is 12.1 Å². The van der Waals surface area contributed by atoms with Crippen molar-refractivity contribution in [2.24, 2.45) is 0 Å². The van der Waals surface area contributed by atoms with Crippen LogP contribution >= 0.6 is 0 Å². The van der Waals surface area contributed by atoms with Crippen LogP contribution < -0.4 is 0 Å². The molecule has 0 aliphatic carbocycles. The number of nitrogens with zero attached hydrogens (tertiary/aromatic N) is 1. The Hall–Kier alpha value is -2.34. The van der Waals surface area contributed by atoms with Gasteiger partial charge in [0.25, 0.3) is 0 Å². The van der Waals surface area contributed by atoms with E-state index in [-0.39, 0.29) is 5.57 Å². The lowest BCUT2D eigenvalue weighted by molar-refractivity contribution is -0.133. The van der Waals surface area contributed by atoms with Gasteiger partial charge in [-0.1, -0.05) is 36.9 Å². The Kier molecular flexibility index (Phi) is 3.87. The molecule has 0 atom stereocenters. The number of benzene rings is 1. The Morgan fingerprint density at radius 1 is 1.40 bits per heavy atom. The van der Waals surface area contributed by atoms with E-state index in [0.717, 1.165) is 5.56 Å². The van der Waals surface area contributed by atoms with Crippen LogP contribution in [0.5, 0.6) is 0 Å². The van der Waals surface area contributed by atoms with E-state index >= 15 is 0 Å². The highest BCUT2D eigenvalue weighted by Gasteiger charge is 2.04. The van der Waals surface area contributed by atoms with E-state index in [1.165, 1.54) is 6.26 Å². The molecule has 0 saturated heterocycles. The minimum Gasteiger partial charge on any atom is -0.430 e. The highest BCUT2D eigenvalue weighted by atomic mass is 16.5. The monoisotopic (exact) mass is 199 g/mol. The minimum absolute atomic E-state index is 0.215. The molecule has 0 aromatic heterocycles. The molecule has 0 heterocycles. The van der Waals surface area contributed by atoms with Crippen LogP contribution in [0.2, 0.25) is 0 Å². The molecule has 0 fully saturated rings. The van der Waals surface area contributed by atoms with Gasteiger partial charge in [-0.3, -0.25) is 0 Å². The molecule has 0 saturated carbocycles. The maximum atomic E-state index is 11.0. The zero-order valence-electron chi connectivity index (χ0n) is 8.01. The first kappa shape index (κ1) is 10.7. The van der Waals surface area contributed by atoms with Gasteiger partial charge in [-0.25, -0.2) is 4.79 Å². The van der Waals surface area contributed by atoms with E-state index in [2.05, 4.69) is 11.3 Å². The molecule has 1 aromatic rings. The standard InChI is InChI=1S/C12H9NO2/c1-10(9-13)12(14)15-8-7-11-5-3-2-4-6-11/h2-8H,1H2. The van der Waals surface area contributed by atoms with Crippen LogP contribution in [-0.4, -0.2) is 5.97 Å². The van der Waals surface area contributed by atoms with Crippen molar-refractivity contribution in [2.75, 3.05) is 0 Å². The van der Waals surface area contributed by atoms with Crippen LogP contribution in [0.25, 0.3) is 6.08 Å². The van der Waals surface area contributed by atoms with Crippen LogP contribution in [0.15, 0.2) is 48.7 Å². The van der Waals surface area contributed by atoms with Gasteiger partial charge in [0.15, 0.2) is 0 Å². The Balaban J connectivity index is 2.52. The second-order valence-corrected chi connectivity index (χ2v) is 2.71. The summed E-state index contributed by atoms with van der Waals surface area (Å²) in [6.45, 7) is 3.23. The highest BCUT2D eigenvalue weighted by Crippen LogP contribution is 2.02. The summed E-state index contributed by atoms with van der Waals surface area (Å²) in [6.07, 6.45) is 2.86. The summed E-state index contributed by atoms with van der Waals surface area (Å²) in [4.78, 5) is 11.0. The third-order valence-corrected chi connectivity index (χ3v) is 1.62. The van der Waals surface area contributed by atoms with Crippen molar-refractivity contribution in [2.45, 2.75) is 0 Å². The number of rotatable bonds is 3. The molecule has 0 spiro atoms. The molecule has 0 aliphatic rings. The molecule has 3 heteroatoms. The van der Waals surface area contributed by atoms with Gasteiger partial charge in [0.05, 0.1) is 6.26 Å². The summed E-state index contributed by atoms with van der Waals surface area (Å²) in [5, 5.41) is 8.35. The van der Waals surface area contributed by atoms with Crippen LogP contribution in [0, 0.1) is 11.3 Å². The lowest BCUT2D eigenvalue weighted by Gasteiger charge is -1.94. The molecule has 0 unspecified atom stereocenters. The first-order valence-corrected chi connectivity index (χ1v) is 4.25. The largest absolute Gasteiger partial charge is 0.430 e. The van der Waals surface area contributed by atoms with Gasteiger partial charge in [-0.2, -0.15) is 5.26 Å². The summed E-state index contributed by atoms with van der Waals surface area (Å²) < 4.78 is 4.66. The summed E-state index contributed by atoms with van der Waals surface area (Å²) in [5.74, 6) is -0.732. The van der Waals surface area contributed by atoms with Crippen molar-refractivity contribution in [3.63, 3.8) is 0 Å². The van der Waals surface area contributed by atoms with Crippen LogP contribution in [0.3, 0.4) is 0 Å². The maximum absolute atomic E-state index is 11.0. The van der Waals surface area contributed by atoms with Gasteiger partial charge in [0.2, 0.25) is 0 Å². The molecule has 0 aliphatic heterocycles. The van der Waals surface area contributed by atoms with Gasteiger partial charge in [-0.15, -0.1) is 0 Å². The summed E-state index contributed by atoms with van der Waals surface area (Å²) in [5.41, 5.74) is 0.695. The van der Waals surface area contributed by atoms with Crippen LogP contribution in [0.1, 0.15) is 5.56 Å². The number of carbonyl (C=O) groups excluding carboxylic acids is 1. The first-order chi connectivity index (χ1) is 7.24. The van der Waals surface area contributed by atoms with Crippen LogP contribution in [-0.2, 0) is 9.53 Å². The number of ether oxygens (including phenoxy) is 1. The van der Waals surface area contributed by atoms with Gasteiger partial charge in [-0.05, 0) is 11.6 Å². The Morgan fingerprint density at radius 3 is 2.67 bits per heavy atom. The number of esters is 1. The second kappa shape index (κ2) is 5.40. The zero-order valence-corrected chi connectivity index (χ0v) is 8.01. The lowest BCUT2D eigenvalue weighted by Crippen LogP contribution is -2.00. The predicted octanol–water partition coefficient (Wildman–Crippen LogP) is 2.28. The maximum Gasteiger partial charge on any atom is 0.353 e. The average Bonchev–Trinajstić information content (AvgIpc) is 2.29. The fourth-order valence-electron chi connectivity index (χ4n) is 0.855. The van der Waals surface area contributed by atoms with Gasteiger partial charge >= 0.3 is 5.97 Å². The van der Waals surface area contributed by atoms with Crippen molar-refractivity contribution in [1.29, 1.82) is 5.26 Å². The normalized spacial score (nSPS) is 9.53. The molecular formula is C12H9NO2. The third-order valence-electron chi connectivity index (χ3n) is 1.62. The molecule has 74 valence electrons. The molecular weight excluding hydrogens is 190 g/mol. The van der Waals surface area contributed by atoms with Crippen molar-refractivity contribution in [1.82, 2.24) is 0 Å². The molecule has 1 rings (SSSR count). The quantitative estimate of drug-likeness (QED) is 0.325. The number of carbonyl (C=O) groups is 1. The summed E-state index contributed by atoms with van der Waals surface area (Å²) >= 11 is 0. The Labute approximate surface area is 87.9 Å². The van der Waals surface area contributed by atoms with E-state index < -0.39 is 5.97 Å². The van der Waals surface area contributed by atoms with Crippen LogP contribution in [0.4, 0.5) is 0 Å². The molecule has 15 heavy (non-hydrogen) atoms. The zero-order chi connectivity index (χ0) is 11.1. The summed E-state index contributed by atoms with van der Waals surface area (Å²) in [6, 6.07) is 11.0. The lowest BCUT2D eigenvalue weighted by atomic mass is 10.2. The first-order valence-electron chi connectivity index (χ1n) is 4.25. The fourth-order valence-corrected chi connectivity index (χ4v) is 0.855. The molecule has 0 amide bonds. The molecule has 1 aromatic carbocycles. The third kappa shape index (κ3) is 3.49. The number of hydrogen-bond acceptors (Lipinski definition) is 3. The Bertz CT molecular complexity index is 427. The van der Waals surface area contributed by atoms with E-state index in [4.69, 9.17) is 5.26 Å². The number of nitriles is 1. The van der Waals surface area contributed by atoms with Crippen molar-refractivity contribution >= 4 is 12.0 Å². The predicted molar refractivity (Wildman–Crippen MR) is 56.3 cm³/mol. The average molecular weight is 199 g/mol. The van der Waals surface area contributed by atoms with Gasteiger partial charge in [0, 0.05) is 0 Å². The van der Waals surface area contributed by atoms with E-state index in [1.807, 2.05) is 30.3 Å².